The van der Waals surface area contributed by atoms with E-state index in [9.17, 15) is 13.2 Å². The first kappa shape index (κ1) is 17.9. The first-order chi connectivity index (χ1) is 10.3. The topological polar surface area (TPSA) is 63.2 Å². The summed E-state index contributed by atoms with van der Waals surface area (Å²) in [5, 5.41) is 3.59. The minimum absolute atomic E-state index is 0.0147. The summed E-state index contributed by atoms with van der Waals surface area (Å²) in [6.07, 6.45) is 0.615. The molecule has 0 saturated carbocycles. The standard InChI is InChI=1S/C14H17Cl2NO3S2/c1-9(21-13-6-11(15)2-3-12(13)16)14(18)17-7-10-4-5-22(19,20)8-10/h2-3,6,9-10H,4-5,7-8H2,1H3,(H,17,18). The van der Waals surface area contributed by atoms with Gasteiger partial charge in [-0.25, -0.2) is 8.42 Å². The van der Waals surface area contributed by atoms with Crippen molar-refractivity contribution in [1.29, 1.82) is 0 Å². The van der Waals surface area contributed by atoms with E-state index in [1.807, 2.05) is 0 Å². The van der Waals surface area contributed by atoms with Gasteiger partial charge in [-0.1, -0.05) is 23.2 Å². The summed E-state index contributed by atoms with van der Waals surface area (Å²) in [5.41, 5.74) is 0. The number of nitrogens with one attached hydrogen (secondary N) is 1. The molecule has 1 fully saturated rings. The molecule has 2 unspecified atom stereocenters. The molecule has 1 aromatic carbocycles. The molecule has 1 heterocycles. The minimum atomic E-state index is -2.91. The number of hydrogen-bond acceptors (Lipinski definition) is 4. The molecule has 8 heteroatoms. The number of benzene rings is 1. The van der Waals surface area contributed by atoms with Gasteiger partial charge in [0.2, 0.25) is 5.91 Å². The monoisotopic (exact) mass is 381 g/mol. The Bertz CT molecular complexity index is 664. The maximum atomic E-state index is 12.1. The third kappa shape index (κ3) is 5.05. The molecule has 1 aromatic rings. The summed E-state index contributed by atoms with van der Waals surface area (Å²) >= 11 is 13.3. The second-order valence-corrected chi connectivity index (χ2v) is 9.80. The number of hydrogen-bond donors (Lipinski definition) is 1. The molecule has 1 aliphatic rings. The SMILES string of the molecule is CC(Sc1cc(Cl)ccc1Cl)C(=O)NCC1CCS(=O)(=O)C1. The Morgan fingerprint density at radius 2 is 2.18 bits per heavy atom. The lowest BCUT2D eigenvalue weighted by molar-refractivity contribution is -0.120. The van der Waals surface area contributed by atoms with Crippen molar-refractivity contribution in [2.45, 2.75) is 23.5 Å². The van der Waals surface area contributed by atoms with Gasteiger partial charge in [-0.3, -0.25) is 4.79 Å². The Morgan fingerprint density at radius 3 is 2.82 bits per heavy atom. The second kappa shape index (κ2) is 7.43. The zero-order chi connectivity index (χ0) is 16.3. The average molecular weight is 382 g/mol. The predicted octanol–water partition coefficient (Wildman–Crippen LogP) is 3.02. The van der Waals surface area contributed by atoms with Gasteiger partial charge in [0.05, 0.1) is 21.8 Å². The molecule has 2 rings (SSSR count). The maximum Gasteiger partial charge on any atom is 0.233 e. The molecule has 4 nitrogen and oxygen atoms in total. The minimum Gasteiger partial charge on any atom is -0.355 e. The maximum absolute atomic E-state index is 12.1. The van der Waals surface area contributed by atoms with Crippen LogP contribution in [0.2, 0.25) is 10.0 Å². The van der Waals surface area contributed by atoms with E-state index in [0.717, 1.165) is 4.90 Å². The van der Waals surface area contributed by atoms with Crippen LogP contribution in [0.25, 0.3) is 0 Å². The molecule has 0 bridgehead atoms. The number of thioether (sulfide) groups is 1. The Morgan fingerprint density at radius 1 is 1.45 bits per heavy atom. The highest BCUT2D eigenvalue weighted by Gasteiger charge is 2.28. The zero-order valence-corrected chi connectivity index (χ0v) is 15.2. The average Bonchev–Trinajstić information content (AvgIpc) is 2.79. The molecule has 2 atom stereocenters. The molecule has 22 heavy (non-hydrogen) atoms. The zero-order valence-electron chi connectivity index (χ0n) is 12.0. The predicted molar refractivity (Wildman–Crippen MR) is 91.6 cm³/mol. The van der Waals surface area contributed by atoms with E-state index >= 15 is 0 Å². The summed E-state index contributed by atoms with van der Waals surface area (Å²) in [6, 6.07) is 5.11. The Hall–Kier alpha value is -0.430. The van der Waals surface area contributed by atoms with Crippen LogP contribution in [0.1, 0.15) is 13.3 Å². The second-order valence-electron chi connectivity index (χ2n) is 5.35. The van der Waals surface area contributed by atoms with Gasteiger partial charge in [0.25, 0.3) is 0 Å². The van der Waals surface area contributed by atoms with Crippen LogP contribution in [0.5, 0.6) is 0 Å². The Labute approximate surface area is 144 Å². The lowest BCUT2D eigenvalue weighted by Crippen LogP contribution is -2.35. The Balaban J connectivity index is 1.86. The first-order valence-electron chi connectivity index (χ1n) is 6.86. The van der Waals surface area contributed by atoms with E-state index in [-0.39, 0.29) is 28.6 Å². The van der Waals surface area contributed by atoms with Crippen molar-refractivity contribution >= 4 is 50.7 Å². The first-order valence-corrected chi connectivity index (χ1v) is 10.3. The van der Waals surface area contributed by atoms with Crippen molar-refractivity contribution in [3.8, 4) is 0 Å². The van der Waals surface area contributed by atoms with Gasteiger partial charge in [0.15, 0.2) is 9.84 Å². The van der Waals surface area contributed by atoms with Crippen molar-refractivity contribution in [2.24, 2.45) is 5.92 Å². The molecule has 0 aliphatic carbocycles. The molecule has 1 N–H and O–H groups in total. The van der Waals surface area contributed by atoms with E-state index < -0.39 is 9.84 Å². The van der Waals surface area contributed by atoms with Gasteiger partial charge >= 0.3 is 0 Å². The van der Waals surface area contributed by atoms with Crippen LogP contribution in [0.3, 0.4) is 0 Å². The van der Waals surface area contributed by atoms with Crippen molar-refractivity contribution < 1.29 is 13.2 Å². The third-order valence-corrected chi connectivity index (χ3v) is 7.13. The number of sulfone groups is 1. The normalized spacial score (nSPS) is 21.5. The summed E-state index contributed by atoms with van der Waals surface area (Å²) in [7, 11) is -2.91. The molecular formula is C14H17Cl2NO3S2. The highest BCUT2D eigenvalue weighted by atomic mass is 35.5. The highest BCUT2D eigenvalue weighted by Crippen LogP contribution is 2.32. The van der Waals surface area contributed by atoms with Gasteiger partial charge < -0.3 is 5.32 Å². The van der Waals surface area contributed by atoms with Crippen LogP contribution in [0, 0.1) is 5.92 Å². The third-order valence-electron chi connectivity index (χ3n) is 3.46. The van der Waals surface area contributed by atoms with E-state index in [1.165, 1.54) is 11.8 Å². The molecule has 0 aromatic heterocycles. The number of carbonyl (C=O) groups is 1. The summed E-state index contributed by atoms with van der Waals surface area (Å²) < 4.78 is 22.8. The molecule has 1 saturated heterocycles. The van der Waals surface area contributed by atoms with Crippen molar-refractivity contribution in [2.75, 3.05) is 18.1 Å². The lowest BCUT2D eigenvalue weighted by atomic mass is 10.1. The van der Waals surface area contributed by atoms with Crippen LogP contribution in [0.4, 0.5) is 0 Å². The van der Waals surface area contributed by atoms with Crippen LogP contribution < -0.4 is 5.32 Å². The van der Waals surface area contributed by atoms with E-state index in [2.05, 4.69) is 5.32 Å². The summed E-state index contributed by atoms with van der Waals surface area (Å²) in [5.74, 6) is 0.261. The van der Waals surface area contributed by atoms with Crippen LogP contribution >= 0.6 is 35.0 Å². The summed E-state index contributed by atoms with van der Waals surface area (Å²) in [6.45, 7) is 2.18. The molecular weight excluding hydrogens is 365 g/mol. The number of halogens is 2. The highest BCUT2D eigenvalue weighted by molar-refractivity contribution is 8.00. The van der Waals surface area contributed by atoms with E-state index in [4.69, 9.17) is 23.2 Å². The van der Waals surface area contributed by atoms with Crippen molar-refractivity contribution in [3.05, 3.63) is 28.2 Å². The molecule has 0 radical (unpaired) electrons. The van der Waals surface area contributed by atoms with Crippen LogP contribution in [-0.4, -0.2) is 37.6 Å². The molecule has 1 amide bonds. The quantitative estimate of drug-likeness (QED) is 0.796. The smallest absolute Gasteiger partial charge is 0.233 e. The van der Waals surface area contributed by atoms with Crippen molar-refractivity contribution in [3.63, 3.8) is 0 Å². The fraction of sp³-hybridized carbons (Fsp3) is 0.500. The van der Waals surface area contributed by atoms with E-state index in [0.29, 0.717) is 23.0 Å². The molecule has 1 aliphatic heterocycles. The van der Waals surface area contributed by atoms with Gasteiger partial charge in [-0.05, 0) is 37.5 Å². The van der Waals surface area contributed by atoms with Gasteiger partial charge in [0, 0.05) is 16.5 Å². The number of amides is 1. The number of rotatable bonds is 5. The molecule has 122 valence electrons. The van der Waals surface area contributed by atoms with Gasteiger partial charge in [-0.2, -0.15) is 0 Å². The van der Waals surface area contributed by atoms with Crippen LogP contribution in [0.15, 0.2) is 23.1 Å². The lowest BCUT2D eigenvalue weighted by Gasteiger charge is -2.15. The van der Waals surface area contributed by atoms with Gasteiger partial charge in [-0.15, -0.1) is 11.8 Å². The number of carbonyl (C=O) groups excluding carboxylic acids is 1. The largest absolute Gasteiger partial charge is 0.355 e. The summed E-state index contributed by atoms with van der Waals surface area (Å²) in [4.78, 5) is 12.9. The Kier molecular flexibility index (Phi) is 6.05. The van der Waals surface area contributed by atoms with Gasteiger partial charge in [0.1, 0.15) is 0 Å². The van der Waals surface area contributed by atoms with Crippen molar-refractivity contribution in [1.82, 2.24) is 5.32 Å². The molecule has 0 spiro atoms. The fourth-order valence-corrected chi connectivity index (χ4v) is 5.53. The fourth-order valence-electron chi connectivity index (χ4n) is 2.23. The van der Waals surface area contributed by atoms with E-state index in [1.54, 1.807) is 25.1 Å². The van der Waals surface area contributed by atoms with Crippen LogP contribution in [-0.2, 0) is 14.6 Å².